The van der Waals surface area contributed by atoms with Crippen LogP contribution in [0.5, 0.6) is 0 Å². The maximum atomic E-state index is 4.42. The minimum absolute atomic E-state index is 0. The van der Waals surface area contributed by atoms with Crippen molar-refractivity contribution in [3.63, 3.8) is 0 Å². The number of likely N-dealkylation sites (N-methyl/N-ethyl adjacent to an activating group) is 1. The minimum atomic E-state index is 0. The Labute approximate surface area is 195 Å². The van der Waals surface area contributed by atoms with Gasteiger partial charge in [0.25, 0.3) is 0 Å². The molecule has 0 radical (unpaired) electrons. The average molecular weight is 516 g/mol. The van der Waals surface area contributed by atoms with Gasteiger partial charge in [-0.25, -0.2) is 0 Å². The van der Waals surface area contributed by atoms with Gasteiger partial charge in [-0.15, -0.1) is 24.0 Å². The number of benzene rings is 1. The first kappa shape index (κ1) is 26.2. The van der Waals surface area contributed by atoms with Crippen LogP contribution in [0.3, 0.4) is 0 Å². The molecule has 1 aliphatic heterocycles. The van der Waals surface area contributed by atoms with Crippen molar-refractivity contribution in [3.8, 4) is 0 Å². The van der Waals surface area contributed by atoms with Gasteiger partial charge in [0.15, 0.2) is 5.96 Å². The Morgan fingerprint density at radius 1 is 1.10 bits per heavy atom. The van der Waals surface area contributed by atoms with E-state index in [1.54, 1.807) is 0 Å². The van der Waals surface area contributed by atoms with Gasteiger partial charge in [-0.3, -0.25) is 4.99 Å². The number of hydrogen-bond acceptors (Lipinski definition) is 3. The van der Waals surface area contributed by atoms with Crippen molar-refractivity contribution in [2.45, 2.75) is 39.5 Å². The molecule has 0 amide bonds. The zero-order chi connectivity index (χ0) is 20.6. The molecule has 1 aromatic carbocycles. The molecule has 0 saturated carbocycles. The van der Waals surface area contributed by atoms with Gasteiger partial charge < -0.3 is 20.4 Å². The number of hydrogen-bond donors (Lipinski definition) is 2. The van der Waals surface area contributed by atoms with Crippen molar-refractivity contribution in [2.75, 3.05) is 59.9 Å². The second-order valence-corrected chi connectivity index (χ2v) is 8.95. The number of rotatable bonds is 8. The molecule has 1 heterocycles. The molecular formula is C23H42IN5. The number of piperazine rings is 1. The van der Waals surface area contributed by atoms with E-state index in [0.29, 0.717) is 5.92 Å². The van der Waals surface area contributed by atoms with Crippen molar-refractivity contribution in [3.05, 3.63) is 35.4 Å². The molecule has 166 valence electrons. The summed E-state index contributed by atoms with van der Waals surface area (Å²) >= 11 is 0. The minimum Gasteiger partial charge on any atom is -0.356 e. The van der Waals surface area contributed by atoms with Gasteiger partial charge in [-0.2, -0.15) is 0 Å². The molecule has 5 nitrogen and oxygen atoms in total. The van der Waals surface area contributed by atoms with Crippen molar-refractivity contribution < 1.29 is 0 Å². The Morgan fingerprint density at radius 3 is 2.28 bits per heavy atom. The number of nitrogens with one attached hydrogen (secondary N) is 2. The molecule has 1 unspecified atom stereocenters. The third-order valence-corrected chi connectivity index (χ3v) is 5.85. The molecule has 1 fully saturated rings. The number of halogens is 1. The zero-order valence-corrected chi connectivity index (χ0v) is 21.6. The van der Waals surface area contributed by atoms with Crippen LogP contribution in [0.4, 0.5) is 0 Å². The molecule has 2 N–H and O–H groups in total. The summed E-state index contributed by atoms with van der Waals surface area (Å²) in [4.78, 5) is 9.40. The lowest BCUT2D eigenvalue weighted by molar-refractivity contribution is 0.139. The van der Waals surface area contributed by atoms with E-state index < -0.39 is 0 Å². The van der Waals surface area contributed by atoms with Crippen molar-refractivity contribution in [2.24, 2.45) is 10.9 Å². The normalized spacial score (nSPS) is 17.5. The number of aliphatic imine (C=N–C) groups is 1. The Balaban J connectivity index is 0.00000420. The summed E-state index contributed by atoms with van der Waals surface area (Å²) in [6.45, 7) is 16.7. The standard InChI is InChI=1S/C23H41N5.HI/c1-7-20-8-10-21(11-9-20)23(3,4)18-26-22(24-5)25-16-19(2)17-28-14-12-27(6)13-15-28;/h8-11,19H,7,12-18H2,1-6H3,(H2,24,25,26);1H. The highest BCUT2D eigenvalue weighted by Crippen LogP contribution is 2.22. The highest BCUT2D eigenvalue weighted by Gasteiger charge is 2.21. The van der Waals surface area contributed by atoms with Gasteiger partial charge in [0.05, 0.1) is 0 Å². The van der Waals surface area contributed by atoms with Gasteiger partial charge in [0.2, 0.25) is 0 Å². The van der Waals surface area contributed by atoms with Gasteiger partial charge in [-0.1, -0.05) is 52.0 Å². The highest BCUT2D eigenvalue weighted by molar-refractivity contribution is 14.0. The first-order valence-corrected chi connectivity index (χ1v) is 10.8. The topological polar surface area (TPSA) is 42.9 Å². The van der Waals surface area contributed by atoms with Crippen molar-refractivity contribution in [1.82, 2.24) is 20.4 Å². The van der Waals surface area contributed by atoms with Crippen LogP contribution in [0.25, 0.3) is 0 Å². The van der Waals surface area contributed by atoms with Gasteiger partial charge in [0, 0.05) is 58.3 Å². The average Bonchev–Trinajstić information content (AvgIpc) is 2.70. The quantitative estimate of drug-likeness (QED) is 0.317. The maximum Gasteiger partial charge on any atom is 0.191 e. The van der Waals surface area contributed by atoms with E-state index in [4.69, 9.17) is 0 Å². The molecule has 0 bridgehead atoms. The third kappa shape index (κ3) is 8.80. The Morgan fingerprint density at radius 2 is 1.72 bits per heavy atom. The van der Waals surface area contributed by atoms with Crippen LogP contribution < -0.4 is 10.6 Å². The molecule has 0 aromatic heterocycles. The molecule has 1 atom stereocenters. The fourth-order valence-electron chi connectivity index (χ4n) is 3.63. The summed E-state index contributed by atoms with van der Waals surface area (Å²) in [7, 11) is 4.06. The number of nitrogens with zero attached hydrogens (tertiary/aromatic N) is 3. The molecule has 0 spiro atoms. The van der Waals surface area contributed by atoms with Crippen LogP contribution in [-0.2, 0) is 11.8 Å². The lowest BCUT2D eigenvalue weighted by Gasteiger charge is -2.34. The summed E-state index contributed by atoms with van der Waals surface area (Å²) in [5.41, 5.74) is 2.80. The Kier molecular flexibility index (Phi) is 11.5. The van der Waals surface area contributed by atoms with E-state index >= 15 is 0 Å². The SMILES string of the molecule is CCc1ccc(C(C)(C)CNC(=NC)NCC(C)CN2CCN(C)CC2)cc1.I. The molecule has 1 saturated heterocycles. The van der Waals surface area contributed by atoms with Crippen LogP contribution in [0, 0.1) is 5.92 Å². The first-order chi connectivity index (χ1) is 13.3. The van der Waals surface area contributed by atoms with Crippen LogP contribution in [0.2, 0.25) is 0 Å². The summed E-state index contributed by atoms with van der Waals surface area (Å²) < 4.78 is 0. The number of aryl methyl sites for hydroxylation is 1. The Bertz CT molecular complexity index is 606. The molecule has 6 heteroatoms. The predicted molar refractivity (Wildman–Crippen MR) is 137 cm³/mol. The first-order valence-electron chi connectivity index (χ1n) is 10.8. The van der Waals surface area contributed by atoms with E-state index in [0.717, 1.165) is 32.0 Å². The van der Waals surface area contributed by atoms with Gasteiger partial charge in [0.1, 0.15) is 0 Å². The monoisotopic (exact) mass is 515 g/mol. The van der Waals surface area contributed by atoms with E-state index in [1.807, 2.05) is 7.05 Å². The second-order valence-electron chi connectivity index (χ2n) is 8.95. The van der Waals surface area contributed by atoms with Crippen LogP contribution in [0.1, 0.15) is 38.8 Å². The van der Waals surface area contributed by atoms with Gasteiger partial charge in [-0.05, 0) is 30.5 Å². The summed E-state index contributed by atoms with van der Waals surface area (Å²) in [5, 5.41) is 7.03. The molecule has 0 aliphatic carbocycles. The largest absolute Gasteiger partial charge is 0.356 e. The third-order valence-electron chi connectivity index (χ3n) is 5.85. The molecule has 1 aliphatic rings. The summed E-state index contributed by atoms with van der Waals surface area (Å²) in [6.07, 6.45) is 1.09. The van der Waals surface area contributed by atoms with E-state index in [1.165, 1.54) is 37.3 Å². The Hall–Kier alpha value is -0.860. The van der Waals surface area contributed by atoms with E-state index in [-0.39, 0.29) is 29.4 Å². The lowest BCUT2D eigenvalue weighted by Crippen LogP contribution is -2.48. The number of guanidine groups is 1. The van der Waals surface area contributed by atoms with Crippen LogP contribution in [-0.4, -0.2) is 75.7 Å². The highest BCUT2D eigenvalue weighted by atomic mass is 127. The second kappa shape index (κ2) is 12.7. The van der Waals surface area contributed by atoms with Crippen LogP contribution >= 0.6 is 24.0 Å². The fourth-order valence-corrected chi connectivity index (χ4v) is 3.63. The predicted octanol–water partition coefficient (Wildman–Crippen LogP) is 3.19. The lowest BCUT2D eigenvalue weighted by atomic mass is 9.84. The molecule has 29 heavy (non-hydrogen) atoms. The molecule has 2 rings (SSSR count). The molecule has 1 aromatic rings. The fraction of sp³-hybridized carbons (Fsp3) is 0.696. The summed E-state index contributed by atoms with van der Waals surface area (Å²) in [5.74, 6) is 1.49. The van der Waals surface area contributed by atoms with Crippen LogP contribution in [0.15, 0.2) is 29.3 Å². The zero-order valence-electron chi connectivity index (χ0n) is 19.3. The van der Waals surface area contributed by atoms with Crippen molar-refractivity contribution in [1.29, 1.82) is 0 Å². The van der Waals surface area contributed by atoms with Gasteiger partial charge >= 0.3 is 0 Å². The summed E-state index contributed by atoms with van der Waals surface area (Å²) in [6, 6.07) is 9.00. The van der Waals surface area contributed by atoms with E-state index in [9.17, 15) is 0 Å². The smallest absolute Gasteiger partial charge is 0.191 e. The maximum absolute atomic E-state index is 4.42. The van der Waals surface area contributed by atoms with Crippen molar-refractivity contribution >= 4 is 29.9 Å². The molecular weight excluding hydrogens is 473 g/mol. The van der Waals surface area contributed by atoms with E-state index in [2.05, 4.69) is 84.4 Å².